The molecule has 6 nitrogen and oxygen atoms in total. The second-order valence-corrected chi connectivity index (χ2v) is 10.1. The molecule has 0 spiro atoms. The number of benzene rings is 4. The summed E-state index contributed by atoms with van der Waals surface area (Å²) in [6.45, 7) is 6.81. The minimum atomic E-state index is -0.584. The third-order valence-electron chi connectivity index (χ3n) is 6.93. The Morgan fingerprint density at radius 3 is 2.14 bits per heavy atom. The first-order chi connectivity index (χ1) is 20.5. The molecule has 0 fully saturated rings. The lowest BCUT2D eigenvalue weighted by Crippen LogP contribution is -2.11. The topological polar surface area (TPSA) is 74.2 Å². The molecule has 0 aliphatic heterocycles. The van der Waals surface area contributed by atoms with E-state index in [1.807, 2.05) is 86.6 Å². The van der Waals surface area contributed by atoms with E-state index in [0.717, 1.165) is 52.3 Å². The summed E-state index contributed by atoms with van der Waals surface area (Å²) < 4.78 is 24.7. The molecule has 0 bridgehead atoms. The molecule has 0 aliphatic carbocycles. The normalized spacial score (nSPS) is 10.8. The van der Waals surface area contributed by atoms with Gasteiger partial charge < -0.3 is 24.1 Å². The molecule has 0 saturated carbocycles. The number of aryl methyl sites for hydroxylation is 2. The van der Waals surface area contributed by atoms with Gasteiger partial charge >= 0.3 is 0 Å². The van der Waals surface area contributed by atoms with Gasteiger partial charge in [0.15, 0.2) is 5.78 Å². The van der Waals surface area contributed by atoms with Crippen LogP contribution in [0.4, 0.5) is 0 Å². The van der Waals surface area contributed by atoms with Crippen LogP contribution in [0.1, 0.15) is 59.3 Å². The van der Waals surface area contributed by atoms with Crippen LogP contribution in [0, 0.1) is 6.92 Å². The summed E-state index contributed by atoms with van der Waals surface area (Å²) in [5.74, 6) is 3.15. The van der Waals surface area contributed by atoms with Gasteiger partial charge in [0, 0.05) is 18.1 Å². The Morgan fingerprint density at radius 2 is 1.43 bits per heavy atom. The largest absolute Gasteiger partial charge is 0.493 e. The van der Waals surface area contributed by atoms with Gasteiger partial charge in [0.25, 0.3) is 0 Å². The molecule has 220 valence electrons. The standard InChI is InChI=1S/C36H40O6/c1-4-13-29-33(18-11-19-34(29)42-32-17-10-9-14-26(32)3)39-20-12-21-40-35-23-36(41-25-27-15-7-6-8-16-27)30(31(38)24-37)22-28(35)5-2/h6-11,14-19,22-23,37H,4-5,12-13,20-21,24-25H2,1-3H3. The smallest absolute Gasteiger partial charge is 0.191 e. The summed E-state index contributed by atoms with van der Waals surface area (Å²) in [6.07, 6.45) is 3.15. The minimum absolute atomic E-state index is 0.304. The zero-order valence-electron chi connectivity index (χ0n) is 24.7. The van der Waals surface area contributed by atoms with Crippen molar-refractivity contribution in [1.29, 1.82) is 0 Å². The maximum atomic E-state index is 12.5. The number of ether oxygens (including phenoxy) is 4. The Hall–Kier alpha value is -4.29. The van der Waals surface area contributed by atoms with Crippen molar-refractivity contribution in [3.8, 4) is 28.7 Å². The van der Waals surface area contributed by atoms with Gasteiger partial charge in [0.1, 0.15) is 42.0 Å². The van der Waals surface area contributed by atoms with Crippen LogP contribution in [0.3, 0.4) is 0 Å². The molecule has 0 heterocycles. The fourth-order valence-electron chi connectivity index (χ4n) is 4.66. The number of hydrogen-bond acceptors (Lipinski definition) is 6. The number of ketones is 1. The highest BCUT2D eigenvalue weighted by Crippen LogP contribution is 2.35. The number of para-hydroxylation sites is 1. The highest BCUT2D eigenvalue weighted by Gasteiger charge is 2.17. The van der Waals surface area contributed by atoms with Gasteiger partial charge in [-0.1, -0.05) is 74.9 Å². The molecule has 0 saturated heterocycles. The van der Waals surface area contributed by atoms with Gasteiger partial charge in [0.2, 0.25) is 0 Å². The van der Waals surface area contributed by atoms with Crippen LogP contribution < -0.4 is 18.9 Å². The van der Waals surface area contributed by atoms with Gasteiger partial charge in [-0.2, -0.15) is 0 Å². The van der Waals surface area contributed by atoms with Crippen molar-refractivity contribution < 1.29 is 28.8 Å². The Bertz CT molecular complexity index is 1450. The van der Waals surface area contributed by atoms with Crippen molar-refractivity contribution in [1.82, 2.24) is 0 Å². The Balaban J connectivity index is 1.41. The van der Waals surface area contributed by atoms with Crippen molar-refractivity contribution in [2.75, 3.05) is 19.8 Å². The Morgan fingerprint density at radius 1 is 0.738 bits per heavy atom. The number of carbonyl (C=O) groups is 1. The highest BCUT2D eigenvalue weighted by atomic mass is 16.5. The Labute approximate surface area is 248 Å². The third-order valence-corrected chi connectivity index (χ3v) is 6.93. The lowest BCUT2D eigenvalue weighted by atomic mass is 10.0. The number of aliphatic hydroxyl groups excluding tert-OH is 1. The number of aliphatic hydroxyl groups is 1. The molecule has 0 aliphatic rings. The van der Waals surface area contributed by atoms with Crippen molar-refractivity contribution in [2.45, 2.75) is 53.1 Å². The zero-order chi connectivity index (χ0) is 29.7. The maximum Gasteiger partial charge on any atom is 0.191 e. The molecule has 42 heavy (non-hydrogen) atoms. The second-order valence-electron chi connectivity index (χ2n) is 10.1. The second kappa shape index (κ2) is 15.6. The van der Waals surface area contributed by atoms with Crippen LogP contribution in [0.15, 0.2) is 84.9 Å². The summed E-state index contributed by atoms with van der Waals surface area (Å²) >= 11 is 0. The van der Waals surface area contributed by atoms with Crippen molar-refractivity contribution in [3.63, 3.8) is 0 Å². The fraction of sp³-hybridized carbons (Fsp3) is 0.306. The van der Waals surface area contributed by atoms with Gasteiger partial charge in [-0.15, -0.1) is 0 Å². The van der Waals surface area contributed by atoms with E-state index in [2.05, 4.69) is 6.92 Å². The quantitative estimate of drug-likeness (QED) is 0.109. The SMILES string of the molecule is CCCc1c(OCCCOc2cc(OCc3ccccc3)c(C(=O)CO)cc2CC)cccc1Oc1ccccc1C. The zero-order valence-corrected chi connectivity index (χ0v) is 24.7. The third kappa shape index (κ3) is 8.14. The molecule has 0 amide bonds. The van der Waals surface area contributed by atoms with Gasteiger partial charge in [0.05, 0.1) is 18.8 Å². The van der Waals surface area contributed by atoms with Crippen molar-refractivity contribution in [2.24, 2.45) is 0 Å². The van der Waals surface area contributed by atoms with Gasteiger partial charge in [-0.25, -0.2) is 0 Å². The van der Waals surface area contributed by atoms with E-state index >= 15 is 0 Å². The highest BCUT2D eigenvalue weighted by molar-refractivity contribution is 6.00. The van der Waals surface area contributed by atoms with E-state index in [1.165, 1.54) is 0 Å². The lowest BCUT2D eigenvalue weighted by molar-refractivity contribution is 0.0899. The maximum absolute atomic E-state index is 12.5. The van der Waals surface area contributed by atoms with Crippen LogP contribution in [-0.2, 0) is 19.4 Å². The minimum Gasteiger partial charge on any atom is -0.493 e. The molecule has 4 aromatic rings. The van der Waals surface area contributed by atoms with Crippen LogP contribution in [0.2, 0.25) is 0 Å². The predicted octanol–water partition coefficient (Wildman–Crippen LogP) is 7.90. The summed E-state index contributed by atoms with van der Waals surface area (Å²) in [7, 11) is 0. The van der Waals surface area contributed by atoms with Gasteiger partial charge in [-0.3, -0.25) is 4.79 Å². The van der Waals surface area contributed by atoms with Crippen LogP contribution in [0.25, 0.3) is 0 Å². The molecule has 0 radical (unpaired) electrons. The summed E-state index contributed by atoms with van der Waals surface area (Å²) in [5.41, 5.74) is 4.36. The Kier molecular flexibility index (Phi) is 11.4. The first kappa shape index (κ1) is 30.7. The molecule has 0 aromatic heterocycles. The first-order valence-corrected chi connectivity index (χ1v) is 14.6. The van der Waals surface area contributed by atoms with Crippen LogP contribution >= 0.6 is 0 Å². The van der Waals surface area contributed by atoms with Crippen LogP contribution in [-0.4, -0.2) is 30.7 Å². The molecule has 4 rings (SSSR count). The van der Waals surface area contributed by atoms with E-state index in [9.17, 15) is 9.90 Å². The van der Waals surface area contributed by atoms with E-state index in [1.54, 1.807) is 12.1 Å². The molecule has 0 atom stereocenters. The van der Waals surface area contributed by atoms with Gasteiger partial charge in [-0.05, 0) is 60.7 Å². The van der Waals surface area contributed by atoms with E-state index in [-0.39, 0.29) is 5.78 Å². The molecular weight excluding hydrogens is 528 g/mol. The molecule has 4 aromatic carbocycles. The van der Waals surface area contributed by atoms with E-state index < -0.39 is 6.61 Å². The summed E-state index contributed by atoms with van der Waals surface area (Å²) in [5, 5.41) is 9.52. The number of rotatable bonds is 16. The number of Topliss-reactive ketones (excluding diaryl/α,β-unsaturated/α-hetero) is 1. The lowest BCUT2D eigenvalue weighted by Gasteiger charge is -2.18. The fourth-order valence-corrected chi connectivity index (χ4v) is 4.66. The van der Waals surface area contributed by atoms with Crippen molar-refractivity contribution in [3.05, 3.63) is 113 Å². The average molecular weight is 569 g/mol. The molecular formula is C36H40O6. The molecule has 1 N–H and O–H groups in total. The summed E-state index contributed by atoms with van der Waals surface area (Å²) in [6, 6.07) is 27.2. The summed E-state index contributed by atoms with van der Waals surface area (Å²) in [4.78, 5) is 12.5. The first-order valence-electron chi connectivity index (χ1n) is 14.6. The molecule has 0 unspecified atom stereocenters. The van der Waals surface area contributed by atoms with Crippen molar-refractivity contribution >= 4 is 5.78 Å². The predicted molar refractivity (Wildman–Crippen MR) is 165 cm³/mol. The average Bonchev–Trinajstić information content (AvgIpc) is 3.02. The number of carbonyl (C=O) groups excluding carboxylic acids is 1. The van der Waals surface area contributed by atoms with Crippen LogP contribution in [0.5, 0.6) is 28.7 Å². The monoisotopic (exact) mass is 568 g/mol. The van der Waals surface area contributed by atoms with E-state index in [0.29, 0.717) is 49.7 Å². The number of hydrogen-bond donors (Lipinski definition) is 1. The van der Waals surface area contributed by atoms with E-state index in [4.69, 9.17) is 18.9 Å². The molecule has 6 heteroatoms.